The number of hydrogen-bond donors (Lipinski definition) is 1. The van der Waals surface area contributed by atoms with Gasteiger partial charge in [-0.25, -0.2) is 4.79 Å². The lowest BCUT2D eigenvalue weighted by molar-refractivity contribution is -0.121. The molecule has 0 radical (unpaired) electrons. The second kappa shape index (κ2) is 10.1. The van der Waals surface area contributed by atoms with Crippen molar-refractivity contribution in [1.82, 2.24) is 5.32 Å². The Morgan fingerprint density at radius 3 is 2.19 bits per heavy atom. The molecule has 2 rings (SSSR count). The molecule has 0 aliphatic heterocycles. The predicted molar refractivity (Wildman–Crippen MR) is 97.4 cm³/mol. The van der Waals surface area contributed by atoms with Crippen LogP contribution in [-0.4, -0.2) is 32.7 Å². The fourth-order valence-corrected chi connectivity index (χ4v) is 2.26. The standard InChI is InChI=1S/C20H23NO5/c1-24-17-9-11-18(12-10-17)26-13-3-4-19(22)21-14-15-5-7-16(8-6-15)20(23)25-2/h5-12H,3-4,13-14H2,1-2H3,(H,21,22). The van der Waals surface area contributed by atoms with E-state index in [4.69, 9.17) is 9.47 Å². The van der Waals surface area contributed by atoms with Gasteiger partial charge in [0.25, 0.3) is 0 Å². The summed E-state index contributed by atoms with van der Waals surface area (Å²) in [6.45, 7) is 0.882. The Hall–Kier alpha value is -3.02. The molecule has 0 spiro atoms. The Bertz CT molecular complexity index is 710. The van der Waals surface area contributed by atoms with Gasteiger partial charge in [0.1, 0.15) is 11.5 Å². The monoisotopic (exact) mass is 357 g/mol. The van der Waals surface area contributed by atoms with Crippen LogP contribution in [0.5, 0.6) is 11.5 Å². The van der Waals surface area contributed by atoms with Gasteiger partial charge in [0.15, 0.2) is 0 Å². The zero-order valence-corrected chi connectivity index (χ0v) is 15.0. The lowest BCUT2D eigenvalue weighted by Crippen LogP contribution is -2.23. The molecule has 0 aromatic heterocycles. The maximum absolute atomic E-state index is 11.9. The maximum Gasteiger partial charge on any atom is 0.337 e. The molecule has 0 aliphatic rings. The van der Waals surface area contributed by atoms with Crippen LogP contribution in [0.2, 0.25) is 0 Å². The third kappa shape index (κ3) is 6.12. The summed E-state index contributed by atoms with van der Waals surface area (Å²) in [7, 11) is 2.96. The van der Waals surface area contributed by atoms with Crippen LogP contribution in [0.25, 0.3) is 0 Å². The summed E-state index contributed by atoms with van der Waals surface area (Å²) in [6.07, 6.45) is 1.01. The van der Waals surface area contributed by atoms with Gasteiger partial charge in [0, 0.05) is 13.0 Å². The van der Waals surface area contributed by atoms with Crippen LogP contribution >= 0.6 is 0 Å². The molecule has 0 atom stereocenters. The molecule has 2 aromatic carbocycles. The van der Waals surface area contributed by atoms with Crippen molar-refractivity contribution in [3.8, 4) is 11.5 Å². The average molecular weight is 357 g/mol. The van der Waals surface area contributed by atoms with Crippen LogP contribution < -0.4 is 14.8 Å². The molecule has 1 amide bonds. The first-order chi connectivity index (χ1) is 12.6. The summed E-state index contributed by atoms with van der Waals surface area (Å²) >= 11 is 0. The number of carbonyl (C=O) groups is 2. The second-order valence-electron chi connectivity index (χ2n) is 5.59. The van der Waals surface area contributed by atoms with Crippen molar-refractivity contribution in [2.24, 2.45) is 0 Å². The first-order valence-electron chi connectivity index (χ1n) is 8.33. The van der Waals surface area contributed by atoms with Gasteiger partial charge >= 0.3 is 5.97 Å². The van der Waals surface area contributed by atoms with Crippen LogP contribution in [0, 0.1) is 0 Å². The molecule has 0 fully saturated rings. The van der Waals surface area contributed by atoms with E-state index >= 15 is 0 Å². The van der Waals surface area contributed by atoms with Crippen molar-refractivity contribution in [2.75, 3.05) is 20.8 Å². The molecule has 0 saturated heterocycles. The van der Waals surface area contributed by atoms with E-state index in [0.717, 1.165) is 17.1 Å². The number of methoxy groups -OCH3 is 2. The zero-order chi connectivity index (χ0) is 18.8. The number of amides is 1. The molecule has 138 valence electrons. The lowest BCUT2D eigenvalue weighted by atomic mass is 10.1. The van der Waals surface area contributed by atoms with Gasteiger partial charge < -0.3 is 19.5 Å². The molecule has 1 N–H and O–H groups in total. The molecular weight excluding hydrogens is 334 g/mol. The van der Waals surface area contributed by atoms with Crippen molar-refractivity contribution >= 4 is 11.9 Å². The quantitative estimate of drug-likeness (QED) is 0.552. The normalized spacial score (nSPS) is 10.1. The van der Waals surface area contributed by atoms with Crippen molar-refractivity contribution in [1.29, 1.82) is 0 Å². The molecule has 0 aliphatic carbocycles. The van der Waals surface area contributed by atoms with E-state index < -0.39 is 0 Å². The zero-order valence-electron chi connectivity index (χ0n) is 15.0. The molecule has 6 heteroatoms. The van der Waals surface area contributed by atoms with E-state index in [1.165, 1.54) is 7.11 Å². The Morgan fingerprint density at radius 2 is 1.58 bits per heavy atom. The highest BCUT2D eigenvalue weighted by atomic mass is 16.5. The molecule has 2 aromatic rings. The van der Waals surface area contributed by atoms with Crippen LogP contribution in [0.1, 0.15) is 28.8 Å². The first kappa shape index (κ1) is 19.3. The van der Waals surface area contributed by atoms with Gasteiger partial charge in [-0.3, -0.25) is 4.79 Å². The van der Waals surface area contributed by atoms with E-state index in [1.807, 2.05) is 24.3 Å². The minimum atomic E-state index is -0.377. The summed E-state index contributed by atoms with van der Waals surface area (Å²) in [5, 5.41) is 2.85. The highest BCUT2D eigenvalue weighted by Crippen LogP contribution is 2.17. The number of nitrogens with one attached hydrogen (secondary N) is 1. The topological polar surface area (TPSA) is 73.9 Å². The van der Waals surface area contributed by atoms with Crippen molar-refractivity contribution < 1.29 is 23.8 Å². The Kier molecular flexibility index (Phi) is 7.49. The average Bonchev–Trinajstić information content (AvgIpc) is 2.70. The van der Waals surface area contributed by atoms with E-state index in [9.17, 15) is 9.59 Å². The number of carbonyl (C=O) groups excluding carboxylic acids is 2. The highest BCUT2D eigenvalue weighted by molar-refractivity contribution is 5.89. The molecule has 26 heavy (non-hydrogen) atoms. The molecular formula is C20H23NO5. The molecule has 0 saturated carbocycles. The van der Waals surface area contributed by atoms with Gasteiger partial charge in [-0.05, 0) is 48.4 Å². The Labute approximate surface area is 153 Å². The van der Waals surface area contributed by atoms with Gasteiger partial charge in [-0.1, -0.05) is 12.1 Å². The van der Waals surface area contributed by atoms with E-state index in [-0.39, 0.29) is 11.9 Å². The van der Waals surface area contributed by atoms with E-state index in [2.05, 4.69) is 10.1 Å². The van der Waals surface area contributed by atoms with Gasteiger partial charge in [0.2, 0.25) is 5.91 Å². The number of benzene rings is 2. The van der Waals surface area contributed by atoms with E-state index in [1.54, 1.807) is 31.4 Å². The summed E-state index contributed by atoms with van der Waals surface area (Å²) in [5.41, 5.74) is 1.40. The third-order valence-electron chi connectivity index (χ3n) is 3.74. The van der Waals surface area contributed by atoms with Gasteiger partial charge in [0.05, 0.1) is 26.4 Å². The molecule has 0 bridgehead atoms. The number of esters is 1. The molecule has 0 heterocycles. The van der Waals surface area contributed by atoms with Crippen LogP contribution in [0.4, 0.5) is 0 Å². The summed E-state index contributed by atoms with van der Waals surface area (Å²) in [5.74, 6) is 1.10. The Morgan fingerprint density at radius 1 is 0.923 bits per heavy atom. The first-order valence-corrected chi connectivity index (χ1v) is 8.33. The lowest BCUT2D eigenvalue weighted by Gasteiger charge is -2.08. The second-order valence-corrected chi connectivity index (χ2v) is 5.59. The SMILES string of the molecule is COC(=O)c1ccc(CNC(=O)CCCOc2ccc(OC)cc2)cc1. The molecule has 0 unspecified atom stereocenters. The van der Waals surface area contributed by atoms with Crippen molar-refractivity contribution in [3.63, 3.8) is 0 Å². The minimum absolute atomic E-state index is 0.0413. The number of rotatable bonds is 9. The number of hydrogen-bond acceptors (Lipinski definition) is 5. The smallest absolute Gasteiger partial charge is 0.337 e. The molecule has 6 nitrogen and oxygen atoms in total. The highest BCUT2D eigenvalue weighted by Gasteiger charge is 2.05. The van der Waals surface area contributed by atoms with Crippen LogP contribution in [0.15, 0.2) is 48.5 Å². The summed E-state index contributed by atoms with van der Waals surface area (Å²) in [6, 6.07) is 14.2. The Balaban J connectivity index is 1.64. The van der Waals surface area contributed by atoms with Crippen LogP contribution in [0.3, 0.4) is 0 Å². The van der Waals surface area contributed by atoms with Crippen LogP contribution in [-0.2, 0) is 16.1 Å². The largest absolute Gasteiger partial charge is 0.497 e. The van der Waals surface area contributed by atoms with Crippen molar-refractivity contribution in [2.45, 2.75) is 19.4 Å². The summed E-state index contributed by atoms with van der Waals surface area (Å²) < 4.78 is 15.3. The fraction of sp³-hybridized carbons (Fsp3) is 0.300. The van der Waals surface area contributed by atoms with E-state index in [0.29, 0.717) is 31.6 Å². The van der Waals surface area contributed by atoms with Gasteiger partial charge in [-0.15, -0.1) is 0 Å². The summed E-state index contributed by atoms with van der Waals surface area (Å²) in [4.78, 5) is 23.2. The maximum atomic E-state index is 11.9. The van der Waals surface area contributed by atoms with Crippen molar-refractivity contribution in [3.05, 3.63) is 59.7 Å². The fourth-order valence-electron chi connectivity index (χ4n) is 2.26. The number of ether oxygens (including phenoxy) is 3. The minimum Gasteiger partial charge on any atom is -0.497 e. The predicted octanol–water partition coefficient (Wildman–Crippen LogP) is 2.96. The van der Waals surface area contributed by atoms with Gasteiger partial charge in [-0.2, -0.15) is 0 Å². The third-order valence-corrected chi connectivity index (χ3v) is 3.74.